The molecule has 2 aliphatic heterocycles. The van der Waals surface area contributed by atoms with Gasteiger partial charge < -0.3 is 10.2 Å². The zero-order valence-electron chi connectivity index (χ0n) is 16.7. The molecule has 1 unspecified atom stereocenters. The number of aryl methyl sites for hydroxylation is 1. The number of hydrogen-bond acceptors (Lipinski definition) is 3. The molecule has 0 spiro atoms. The lowest BCUT2D eigenvalue weighted by Gasteiger charge is -2.37. The Morgan fingerprint density at radius 3 is 2.62 bits per heavy atom. The molecule has 2 aromatic carbocycles. The van der Waals surface area contributed by atoms with E-state index in [9.17, 15) is 9.59 Å². The van der Waals surface area contributed by atoms with Gasteiger partial charge in [-0.05, 0) is 55.0 Å². The molecule has 2 amide bonds. The number of fused-ring (bicyclic) bond motifs is 1. The first-order valence-electron chi connectivity index (χ1n) is 10.2. The highest BCUT2D eigenvalue weighted by Crippen LogP contribution is 2.32. The van der Waals surface area contributed by atoms with Crippen molar-refractivity contribution in [3.63, 3.8) is 0 Å². The molecule has 2 aromatic rings. The van der Waals surface area contributed by atoms with Crippen LogP contribution >= 0.6 is 11.6 Å². The highest BCUT2D eigenvalue weighted by atomic mass is 35.5. The molecule has 1 saturated heterocycles. The first kappa shape index (κ1) is 19.9. The second-order valence-electron chi connectivity index (χ2n) is 7.87. The SMILES string of the molecule is Cc1ccc(NC(=O)CN2CCc3ccccc3C2C(=O)N2CCCC2)cc1Cl. The molecule has 0 radical (unpaired) electrons. The number of amides is 2. The number of hydrogen-bond donors (Lipinski definition) is 1. The summed E-state index contributed by atoms with van der Waals surface area (Å²) in [7, 11) is 0. The van der Waals surface area contributed by atoms with Crippen LogP contribution in [-0.4, -0.2) is 47.8 Å². The second-order valence-corrected chi connectivity index (χ2v) is 8.27. The molecule has 0 bridgehead atoms. The minimum atomic E-state index is -0.398. The fourth-order valence-corrected chi connectivity index (χ4v) is 4.42. The fourth-order valence-electron chi connectivity index (χ4n) is 4.24. The van der Waals surface area contributed by atoms with Gasteiger partial charge in [-0.2, -0.15) is 0 Å². The summed E-state index contributed by atoms with van der Waals surface area (Å²) in [5, 5.41) is 3.54. The smallest absolute Gasteiger partial charge is 0.244 e. The van der Waals surface area contributed by atoms with E-state index in [2.05, 4.69) is 11.4 Å². The topological polar surface area (TPSA) is 52.7 Å². The average molecular weight is 412 g/mol. The number of carbonyl (C=O) groups excluding carboxylic acids is 2. The van der Waals surface area contributed by atoms with Crippen molar-refractivity contribution in [2.24, 2.45) is 0 Å². The number of rotatable bonds is 4. The van der Waals surface area contributed by atoms with Crippen molar-refractivity contribution in [2.45, 2.75) is 32.2 Å². The van der Waals surface area contributed by atoms with Crippen LogP contribution < -0.4 is 5.32 Å². The number of likely N-dealkylation sites (tertiary alicyclic amines) is 1. The summed E-state index contributed by atoms with van der Waals surface area (Å²) >= 11 is 6.17. The Hall–Kier alpha value is -2.37. The van der Waals surface area contributed by atoms with Gasteiger partial charge in [0.1, 0.15) is 6.04 Å². The summed E-state index contributed by atoms with van der Waals surface area (Å²) in [5.74, 6) is -0.0237. The van der Waals surface area contributed by atoms with Crippen molar-refractivity contribution < 1.29 is 9.59 Å². The highest BCUT2D eigenvalue weighted by molar-refractivity contribution is 6.31. The van der Waals surface area contributed by atoms with Crippen LogP contribution in [0.4, 0.5) is 5.69 Å². The van der Waals surface area contributed by atoms with Crippen LogP contribution in [0.25, 0.3) is 0 Å². The highest BCUT2D eigenvalue weighted by Gasteiger charge is 2.37. The Labute approximate surface area is 176 Å². The quantitative estimate of drug-likeness (QED) is 0.832. The molecule has 6 heteroatoms. The lowest BCUT2D eigenvalue weighted by molar-refractivity contribution is -0.137. The molecular formula is C23H26ClN3O2. The third-order valence-electron chi connectivity index (χ3n) is 5.84. The van der Waals surface area contributed by atoms with Crippen LogP contribution in [0.5, 0.6) is 0 Å². The largest absolute Gasteiger partial charge is 0.341 e. The van der Waals surface area contributed by atoms with Crippen molar-refractivity contribution in [1.29, 1.82) is 0 Å². The predicted molar refractivity (Wildman–Crippen MR) is 115 cm³/mol. The zero-order valence-corrected chi connectivity index (χ0v) is 17.4. The summed E-state index contributed by atoms with van der Waals surface area (Å²) in [6.45, 7) is 4.39. The average Bonchev–Trinajstić information content (AvgIpc) is 3.25. The Bertz CT molecular complexity index is 924. The molecule has 1 N–H and O–H groups in total. The first-order chi connectivity index (χ1) is 14.0. The Balaban J connectivity index is 1.53. The van der Waals surface area contributed by atoms with Gasteiger partial charge in [0.15, 0.2) is 0 Å². The summed E-state index contributed by atoms with van der Waals surface area (Å²) in [4.78, 5) is 30.0. The molecule has 2 heterocycles. The van der Waals surface area contributed by atoms with Crippen molar-refractivity contribution in [3.8, 4) is 0 Å². The standard InChI is InChI=1S/C23H26ClN3O2/c1-16-8-9-18(14-20(16)24)25-21(28)15-27-13-10-17-6-2-3-7-19(17)22(27)23(29)26-11-4-5-12-26/h2-3,6-9,14,22H,4-5,10-13,15H2,1H3,(H,25,28). The maximum absolute atomic E-state index is 13.3. The van der Waals surface area contributed by atoms with Crippen molar-refractivity contribution in [3.05, 3.63) is 64.2 Å². The van der Waals surface area contributed by atoms with Gasteiger partial charge in [0.2, 0.25) is 11.8 Å². The van der Waals surface area contributed by atoms with E-state index >= 15 is 0 Å². The van der Waals surface area contributed by atoms with Crippen LogP contribution in [0.3, 0.4) is 0 Å². The fraction of sp³-hybridized carbons (Fsp3) is 0.391. The molecular weight excluding hydrogens is 386 g/mol. The molecule has 0 aliphatic carbocycles. The lowest BCUT2D eigenvalue weighted by Crippen LogP contribution is -2.47. The van der Waals surface area contributed by atoms with Crippen LogP contribution in [0.1, 0.15) is 35.6 Å². The van der Waals surface area contributed by atoms with Gasteiger partial charge in [0.05, 0.1) is 6.54 Å². The Morgan fingerprint density at radius 2 is 1.86 bits per heavy atom. The van der Waals surface area contributed by atoms with E-state index in [1.807, 2.05) is 47.1 Å². The third kappa shape index (κ3) is 4.31. The molecule has 2 aliphatic rings. The minimum absolute atomic E-state index is 0.112. The van der Waals surface area contributed by atoms with E-state index < -0.39 is 6.04 Å². The van der Waals surface area contributed by atoms with E-state index in [4.69, 9.17) is 11.6 Å². The zero-order chi connectivity index (χ0) is 20.4. The van der Waals surface area contributed by atoms with Crippen LogP contribution in [0.15, 0.2) is 42.5 Å². The van der Waals surface area contributed by atoms with Gasteiger partial charge in [-0.1, -0.05) is 41.9 Å². The maximum Gasteiger partial charge on any atom is 0.244 e. The predicted octanol–water partition coefficient (Wildman–Crippen LogP) is 3.81. The maximum atomic E-state index is 13.3. The van der Waals surface area contributed by atoms with Crippen LogP contribution in [0, 0.1) is 6.92 Å². The Morgan fingerprint density at radius 1 is 1.10 bits per heavy atom. The molecule has 5 nitrogen and oxygen atoms in total. The van der Waals surface area contributed by atoms with Crippen molar-refractivity contribution >= 4 is 29.1 Å². The van der Waals surface area contributed by atoms with E-state index in [0.29, 0.717) is 17.3 Å². The van der Waals surface area contributed by atoms with Gasteiger partial charge in [0, 0.05) is 30.3 Å². The number of nitrogens with one attached hydrogen (secondary N) is 1. The van der Waals surface area contributed by atoms with E-state index in [0.717, 1.165) is 43.5 Å². The number of carbonyl (C=O) groups is 2. The summed E-state index contributed by atoms with van der Waals surface area (Å²) in [6.07, 6.45) is 2.94. The number of nitrogens with zero attached hydrogens (tertiary/aromatic N) is 2. The van der Waals surface area contributed by atoms with Crippen LogP contribution in [0.2, 0.25) is 5.02 Å². The van der Waals surface area contributed by atoms with Gasteiger partial charge in [0.25, 0.3) is 0 Å². The monoisotopic (exact) mass is 411 g/mol. The Kier molecular flexibility index (Phi) is 5.88. The van der Waals surface area contributed by atoms with Gasteiger partial charge in [-0.3, -0.25) is 14.5 Å². The minimum Gasteiger partial charge on any atom is -0.341 e. The molecule has 1 fully saturated rings. The third-order valence-corrected chi connectivity index (χ3v) is 6.24. The molecule has 152 valence electrons. The van der Waals surface area contributed by atoms with E-state index in [1.54, 1.807) is 6.07 Å². The molecule has 0 saturated carbocycles. The van der Waals surface area contributed by atoms with Gasteiger partial charge >= 0.3 is 0 Å². The molecule has 29 heavy (non-hydrogen) atoms. The molecule has 4 rings (SSSR count). The van der Waals surface area contributed by atoms with Crippen molar-refractivity contribution in [1.82, 2.24) is 9.80 Å². The summed E-state index contributed by atoms with van der Waals surface area (Å²) in [6, 6.07) is 13.2. The van der Waals surface area contributed by atoms with Gasteiger partial charge in [-0.25, -0.2) is 0 Å². The normalized spacial score (nSPS) is 19.1. The lowest BCUT2D eigenvalue weighted by atomic mass is 9.91. The number of benzene rings is 2. The van der Waals surface area contributed by atoms with Crippen LogP contribution in [-0.2, 0) is 16.0 Å². The molecule has 1 atom stereocenters. The van der Waals surface area contributed by atoms with Crippen molar-refractivity contribution in [2.75, 3.05) is 31.5 Å². The molecule has 0 aromatic heterocycles. The number of anilines is 1. The first-order valence-corrected chi connectivity index (χ1v) is 10.6. The van der Waals surface area contributed by atoms with E-state index in [-0.39, 0.29) is 18.4 Å². The summed E-state index contributed by atoms with van der Waals surface area (Å²) in [5.41, 5.74) is 3.87. The number of halogens is 1. The van der Waals surface area contributed by atoms with E-state index in [1.165, 1.54) is 5.56 Å². The summed E-state index contributed by atoms with van der Waals surface area (Å²) < 4.78 is 0. The van der Waals surface area contributed by atoms with Gasteiger partial charge in [-0.15, -0.1) is 0 Å². The second kappa shape index (κ2) is 8.56.